The van der Waals surface area contributed by atoms with Crippen LogP contribution in [0, 0.1) is 0 Å². The number of carbonyl (C=O) groups is 1. The predicted molar refractivity (Wildman–Crippen MR) is 94.8 cm³/mol. The molecule has 0 aliphatic carbocycles. The smallest absolute Gasteiger partial charge is 0.244 e. The molecule has 2 aromatic carbocycles. The van der Waals surface area contributed by atoms with Gasteiger partial charge in [-0.15, -0.1) is 0 Å². The standard InChI is InChI=1S/C19H20ClNO2/c1-2-23-18-10-5-15(6-11-18)7-12-19(22)21-14-13-16-3-8-17(20)9-4-16/h3-12H,2,13-14H2,1H3,(H,21,22). The number of rotatable bonds is 7. The van der Waals surface area contributed by atoms with Crippen LogP contribution in [0.15, 0.2) is 54.6 Å². The Morgan fingerprint density at radius 1 is 1.13 bits per heavy atom. The minimum atomic E-state index is -0.104. The van der Waals surface area contributed by atoms with E-state index in [0.29, 0.717) is 13.2 Å². The van der Waals surface area contributed by atoms with Crippen molar-refractivity contribution in [3.05, 3.63) is 70.8 Å². The van der Waals surface area contributed by atoms with Gasteiger partial charge in [0.25, 0.3) is 0 Å². The topological polar surface area (TPSA) is 38.3 Å². The molecule has 0 heterocycles. The molecular formula is C19H20ClNO2. The van der Waals surface area contributed by atoms with E-state index in [9.17, 15) is 4.79 Å². The summed E-state index contributed by atoms with van der Waals surface area (Å²) in [5, 5.41) is 3.58. The SMILES string of the molecule is CCOc1ccc(C=CC(=O)NCCc2ccc(Cl)cc2)cc1. The molecule has 0 spiro atoms. The van der Waals surface area contributed by atoms with Gasteiger partial charge >= 0.3 is 0 Å². The highest BCUT2D eigenvalue weighted by molar-refractivity contribution is 6.30. The Labute approximate surface area is 141 Å². The molecule has 2 aromatic rings. The van der Waals surface area contributed by atoms with Gasteiger partial charge in [-0.05, 0) is 54.8 Å². The fourth-order valence-electron chi connectivity index (χ4n) is 2.05. The molecule has 0 aliphatic heterocycles. The number of benzene rings is 2. The summed E-state index contributed by atoms with van der Waals surface area (Å²) in [4.78, 5) is 11.8. The highest BCUT2D eigenvalue weighted by Crippen LogP contribution is 2.13. The molecule has 120 valence electrons. The van der Waals surface area contributed by atoms with Gasteiger partial charge in [0.15, 0.2) is 0 Å². The van der Waals surface area contributed by atoms with Crippen molar-refractivity contribution in [2.75, 3.05) is 13.2 Å². The minimum absolute atomic E-state index is 0.104. The van der Waals surface area contributed by atoms with Crippen LogP contribution >= 0.6 is 11.6 Å². The second kappa shape index (κ2) is 9.01. The molecule has 0 aliphatic rings. The number of carbonyl (C=O) groups excluding carboxylic acids is 1. The first-order valence-electron chi connectivity index (χ1n) is 7.60. The Bertz CT molecular complexity index is 648. The van der Waals surface area contributed by atoms with Crippen molar-refractivity contribution in [3.8, 4) is 5.75 Å². The van der Waals surface area contributed by atoms with Crippen molar-refractivity contribution in [1.82, 2.24) is 5.32 Å². The Morgan fingerprint density at radius 2 is 1.83 bits per heavy atom. The van der Waals surface area contributed by atoms with Crippen LogP contribution in [0.5, 0.6) is 5.75 Å². The third-order valence-corrected chi connectivity index (χ3v) is 3.50. The van der Waals surface area contributed by atoms with Crippen LogP contribution in [0.3, 0.4) is 0 Å². The van der Waals surface area contributed by atoms with Crippen molar-refractivity contribution < 1.29 is 9.53 Å². The predicted octanol–water partition coefficient (Wildman–Crippen LogP) is 4.11. The summed E-state index contributed by atoms with van der Waals surface area (Å²) < 4.78 is 5.38. The Balaban J connectivity index is 1.76. The van der Waals surface area contributed by atoms with Crippen molar-refractivity contribution in [2.24, 2.45) is 0 Å². The van der Waals surface area contributed by atoms with E-state index >= 15 is 0 Å². The number of halogens is 1. The van der Waals surface area contributed by atoms with Crippen molar-refractivity contribution >= 4 is 23.6 Å². The van der Waals surface area contributed by atoms with Crippen LogP contribution in [0.1, 0.15) is 18.1 Å². The van der Waals surface area contributed by atoms with Gasteiger partial charge in [-0.25, -0.2) is 0 Å². The summed E-state index contributed by atoms with van der Waals surface area (Å²) in [6.07, 6.45) is 4.10. The highest BCUT2D eigenvalue weighted by atomic mass is 35.5. The van der Waals surface area contributed by atoms with E-state index in [4.69, 9.17) is 16.3 Å². The second-order valence-electron chi connectivity index (χ2n) is 5.00. The maximum absolute atomic E-state index is 11.8. The van der Waals surface area contributed by atoms with E-state index in [-0.39, 0.29) is 5.91 Å². The van der Waals surface area contributed by atoms with Crippen molar-refractivity contribution in [2.45, 2.75) is 13.3 Å². The van der Waals surface area contributed by atoms with Crippen LogP contribution in [0.25, 0.3) is 6.08 Å². The van der Waals surface area contributed by atoms with Crippen LogP contribution in [-0.2, 0) is 11.2 Å². The summed E-state index contributed by atoms with van der Waals surface area (Å²) in [5.41, 5.74) is 2.10. The quantitative estimate of drug-likeness (QED) is 0.776. The molecule has 0 saturated carbocycles. The fraction of sp³-hybridized carbons (Fsp3) is 0.211. The molecule has 2 rings (SSSR count). The zero-order chi connectivity index (χ0) is 16.5. The van der Waals surface area contributed by atoms with Gasteiger partial charge in [0.2, 0.25) is 5.91 Å². The Hall–Kier alpha value is -2.26. The molecule has 0 radical (unpaired) electrons. The second-order valence-corrected chi connectivity index (χ2v) is 5.44. The van der Waals surface area contributed by atoms with Crippen LogP contribution in [0.4, 0.5) is 0 Å². The van der Waals surface area contributed by atoms with E-state index in [0.717, 1.165) is 28.3 Å². The van der Waals surface area contributed by atoms with Crippen molar-refractivity contribution in [1.29, 1.82) is 0 Å². The summed E-state index contributed by atoms with van der Waals surface area (Å²) in [7, 11) is 0. The van der Waals surface area contributed by atoms with Gasteiger partial charge in [0.1, 0.15) is 5.75 Å². The number of hydrogen-bond donors (Lipinski definition) is 1. The van der Waals surface area contributed by atoms with Crippen LogP contribution < -0.4 is 10.1 Å². The van der Waals surface area contributed by atoms with E-state index in [1.165, 1.54) is 6.08 Å². The normalized spacial score (nSPS) is 10.7. The number of ether oxygens (including phenoxy) is 1. The fourth-order valence-corrected chi connectivity index (χ4v) is 2.18. The van der Waals surface area contributed by atoms with Gasteiger partial charge < -0.3 is 10.1 Å². The average Bonchev–Trinajstić information content (AvgIpc) is 2.56. The molecule has 1 amide bonds. The van der Waals surface area contributed by atoms with Gasteiger partial charge in [0.05, 0.1) is 6.61 Å². The number of amides is 1. The highest BCUT2D eigenvalue weighted by Gasteiger charge is 1.97. The summed E-state index contributed by atoms with van der Waals surface area (Å²) in [6.45, 7) is 3.18. The van der Waals surface area contributed by atoms with Gasteiger partial charge in [-0.2, -0.15) is 0 Å². The monoisotopic (exact) mass is 329 g/mol. The van der Waals surface area contributed by atoms with Gasteiger partial charge in [0, 0.05) is 17.6 Å². The third-order valence-electron chi connectivity index (χ3n) is 3.24. The summed E-state index contributed by atoms with van der Waals surface area (Å²) in [6, 6.07) is 15.2. The zero-order valence-corrected chi connectivity index (χ0v) is 13.8. The molecule has 0 bridgehead atoms. The molecule has 0 aromatic heterocycles. The molecule has 0 fully saturated rings. The van der Waals surface area contributed by atoms with Crippen molar-refractivity contribution in [3.63, 3.8) is 0 Å². The Kier molecular flexibility index (Phi) is 6.70. The van der Waals surface area contributed by atoms with Crippen LogP contribution in [-0.4, -0.2) is 19.1 Å². The van der Waals surface area contributed by atoms with E-state index in [1.807, 2.05) is 55.5 Å². The lowest BCUT2D eigenvalue weighted by Gasteiger charge is -2.03. The van der Waals surface area contributed by atoms with Gasteiger partial charge in [-0.3, -0.25) is 4.79 Å². The zero-order valence-electron chi connectivity index (χ0n) is 13.1. The lowest BCUT2D eigenvalue weighted by molar-refractivity contribution is -0.116. The summed E-state index contributed by atoms with van der Waals surface area (Å²) in [5.74, 6) is 0.727. The first-order chi connectivity index (χ1) is 11.2. The van der Waals surface area contributed by atoms with E-state index < -0.39 is 0 Å². The molecule has 0 saturated heterocycles. The number of nitrogens with one attached hydrogen (secondary N) is 1. The lowest BCUT2D eigenvalue weighted by atomic mass is 10.1. The first kappa shape index (κ1) is 17.1. The largest absolute Gasteiger partial charge is 0.494 e. The summed E-state index contributed by atoms with van der Waals surface area (Å²) >= 11 is 5.84. The van der Waals surface area contributed by atoms with Crippen LogP contribution in [0.2, 0.25) is 5.02 Å². The molecular weight excluding hydrogens is 310 g/mol. The molecule has 0 unspecified atom stereocenters. The van der Waals surface area contributed by atoms with E-state index in [2.05, 4.69) is 5.32 Å². The molecule has 3 nitrogen and oxygen atoms in total. The van der Waals surface area contributed by atoms with Gasteiger partial charge in [-0.1, -0.05) is 35.9 Å². The lowest BCUT2D eigenvalue weighted by Crippen LogP contribution is -2.23. The molecule has 1 N–H and O–H groups in total. The van der Waals surface area contributed by atoms with E-state index in [1.54, 1.807) is 6.08 Å². The molecule has 0 atom stereocenters. The first-order valence-corrected chi connectivity index (χ1v) is 7.98. The minimum Gasteiger partial charge on any atom is -0.494 e. The molecule has 23 heavy (non-hydrogen) atoms. The average molecular weight is 330 g/mol. The molecule has 4 heteroatoms. The number of hydrogen-bond acceptors (Lipinski definition) is 2. The Morgan fingerprint density at radius 3 is 2.48 bits per heavy atom. The maximum atomic E-state index is 11.8. The maximum Gasteiger partial charge on any atom is 0.244 e. The third kappa shape index (κ3) is 6.17.